The Kier molecular flexibility index (Phi) is 8.92. The predicted octanol–water partition coefficient (Wildman–Crippen LogP) is 3.27. The number of hydrogen-bond acceptors (Lipinski definition) is 5. The van der Waals surface area contributed by atoms with Crippen molar-refractivity contribution in [2.24, 2.45) is 11.0 Å². The SMILES string of the molecule is C#CCOc1c(C=NNC(=O)C(NC(=O)c2ccc(Cl)cc2)C(C)C)cccc1OC. The predicted molar refractivity (Wildman–Crippen MR) is 121 cm³/mol. The molecule has 7 nitrogen and oxygen atoms in total. The lowest BCUT2D eigenvalue weighted by molar-refractivity contribution is -0.123. The summed E-state index contributed by atoms with van der Waals surface area (Å²) in [6, 6.07) is 10.8. The normalized spacial score (nSPS) is 11.6. The van der Waals surface area contributed by atoms with Crippen LogP contribution in [0.5, 0.6) is 11.5 Å². The molecule has 0 radical (unpaired) electrons. The standard InChI is InChI=1S/C23H24ClN3O4/c1-5-13-31-21-17(7-6-8-19(21)30-4)14-25-27-23(29)20(15(2)3)26-22(28)16-9-11-18(24)12-10-16/h1,6-12,14-15,20H,13H2,2-4H3,(H,26,28)(H,27,29). The lowest BCUT2D eigenvalue weighted by atomic mass is 10.0. The molecule has 0 aliphatic rings. The van der Waals surface area contributed by atoms with Crippen molar-refractivity contribution in [1.29, 1.82) is 0 Å². The Balaban J connectivity index is 2.10. The molecule has 0 aliphatic heterocycles. The van der Waals surface area contributed by atoms with E-state index in [1.54, 1.807) is 42.5 Å². The monoisotopic (exact) mass is 441 g/mol. The maximum absolute atomic E-state index is 12.6. The maximum atomic E-state index is 12.6. The number of benzene rings is 2. The number of carbonyl (C=O) groups is 2. The number of nitrogens with zero attached hydrogens (tertiary/aromatic N) is 1. The first-order valence-electron chi connectivity index (χ1n) is 9.50. The van der Waals surface area contributed by atoms with Crippen molar-refractivity contribution in [3.05, 3.63) is 58.6 Å². The number of carbonyl (C=O) groups excluding carboxylic acids is 2. The average Bonchev–Trinajstić information content (AvgIpc) is 2.76. The molecule has 2 rings (SSSR count). The average molecular weight is 442 g/mol. The molecule has 2 aromatic carbocycles. The molecule has 0 heterocycles. The van der Waals surface area contributed by atoms with Crippen molar-refractivity contribution in [2.45, 2.75) is 19.9 Å². The first-order valence-corrected chi connectivity index (χ1v) is 9.87. The number of halogens is 1. The van der Waals surface area contributed by atoms with E-state index in [1.165, 1.54) is 13.3 Å². The van der Waals surface area contributed by atoms with Gasteiger partial charge in [-0.1, -0.05) is 37.4 Å². The number of terminal acetylenes is 1. The third-order valence-electron chi connectivity index (χ3n) is 4.25. The number of nitrogens with one attached hydrogen (secondary N) is 2. The summed E-state index contributed by atoms with van der Waals surface area (Å²) in [6.07, 6.45) is 6.68. The van der Waals surface area contributed by atoms with E-state index in [-0.39, 0.29) is 18.4 Å². The molecule has 0 saturated heterocycles. The highest BCUT2D eigenvalue weighted by atomic mass is 35.5. The minimum atomic E-state index is -0.789. The molecule has 0 saturated carbocycles. The fourth-order valence-corrected chi connectivity index (χ4v) is 2.79. The van der Waals surface area contributed by atoms with E-state index >= 15 is 0 Å². The van der Waals surface area contributed by atoms with Crippen molar-refractivity contribution in [3.63, 3.8) is 0 Å². The van der Waals surface area contributed by atoms with Crippen LogP contribution in [0, 0.1) is 18.3 Å². The first kappa shape index (κ1) is 23.8. The van der Waals surface area contributed by atoms with E-state index in [9.17, 15) is 9.59 Å². The smallest absolute Gasteiger partial charge is 0.262 e. The van der Waals surface area contributed by atoms with E-state index in [2.05, 4.69) is 21.8 Å². The highest BCUT2D eigenvalue weighted by Crippen LogP contribution is 2.29. The van der Waals surface area contributed by atoms with Gasteiger partial charge in [0, 0.05) is 16.1 Å². The second-order valence-corrected chi connectivity index (χ2v) is 7.24. The molecule has 0 bridgehead atoms. The van der Waals surface area contributed by atoms with Crippen molar-refractivity contribution >= 4 is 29.6 Å². The largest absolute Gasteiger partial charge is 0.493 e. The van der Waals surface area contributed by atoms with Crippen LogP contribution in [0.4, 0.5) is 0 Å². The highest BCUT2D eigenvalue weighted by molar-refractivity contribution is 6.30. The number of hydrogen-bond donors (Lipinski definition) is 2. The summed E-state index contributed by atoms with van der Waals surface area (Å²) in [7, 11) is 1.51. The molecule has 1 atom stereocenters. The van der Waals surface area contributed by atoms with Gasteiger partial charge in [0.05, 0.1) is 13.3 Å². The molecular weight excluding hydrogens is 418 g/mol. The van der Waals surface area contributed by atoms with Crippen LogP contribution in [0.1, 0.15) is 29.8 Å². The summed E-state index contributed by atoms with van der Waals surface area (Å²) >= 11 is 5.85. The Hall–Kier alpha value is -3.50. The van der Waals surface area contributed by atoms with Gasteiger partial charge >= 0.3 is 0 Å². The topological polar surface area (TPSA) is 89.0 Å². The molecule has 0 spiro atoms. The summed E-state index contributed by atoms with van der Waals surface area (Å²) in [5, 5.41) is 7.24. The van der Waals surface area contributed by atoms with Crippen LogP contribution in [-0.2, 0) is 4.79 Å². The lowest BCUT2D eigenvalue weighted by Crippen LogP contribution is -2.48. The fraction of sp³-hybridized carbons (Fsp3) is 0.261. The molecule has 162 valence electrons. The number of rotatable bonds is 9. The van der Waals surface area contributed by atoms with Crippen LogP contribution < -0.4 is 20.2 Å². The summed E-state index contributed by atoms with van der Waals surface area (Å²) in [5.41, 5.74) is 3.43. The van der Waals surface area contributed by atoms with Crippen LogP contribution in [0.15, 0.2) is 47.6 Å². The quantitative estimate of drug-likeness (QED) is 0.355. The molecular formula is C23H24ClN3O4. The maximum Gasteiger partial charge on any atom is 0.262 e. The van der Waals surface area contributed by atoms with Gasteiger partial charge in [-0.2, -0.15) is 5.10 Å². The van der Waals surface area contributed by atoms with E-state index in [1.807, 2.05) is 13.8 Å². The van der Waals surface area contributed by atoms with Gasteiger partial charge in [-0.3, -0.25) is 9.59 Å². The van der Waals surface area contributed by atoms with Gasteiger partial charge < -0.3 is 14.8 Å². The molecule has 1 unspecified atom stereocenters. The van der Waals surface area contributed by atoms with Gasteiger partial charge in [-0.15, -0.1) is 6.42 Å². The first-order chi connectivity index (χ1) is 14.9. The molecule has 0 aromatic heterocycles. The zero-order valence-corrected chi connectivity index (χ0v) is 18.3. The van der Waals surface area contributed by atoms with Crippen molar-refractivity contribution in [1.82, 2.24) is 10.7 Å². The van der Waals surface area contributed by atoms with E-state index in [4.69, 9.17) is 27.5 Å². The Morgan fingerprint density at radius 1 is 1.23 bits per heavy atom. The Morgan fingerprint density at radius 2 is 1.94 bits per heavy atom. The minimum absolute atomic E-state index is 0.0553. The minimum Gasteiger partial charge on any atom is -0.493 e. The molecule has 2 amide bonds. The molecule has 0 fully saturated rings. The summed E-state index contributed by atoms with van der Waals surface area (Å²) in [5.74, 6) is 2.29. The Morgan fingerprint density at radius 3 is 2.55 bits per heavy atom. The molecule has 8 heteroatoms. The number of methoxy groups -OCH3 is 1. The van der Waals surface area contributed by atoms with E-state index < -0.39 is 11.9 Å². The zero-order valence-electron chi connectivity index (χ0n) is 17.5. The summed E-state index contributed by atoms with van der Waals surface area (Å²) in [4.78, 5) is 25.1. The van der Waals surface area contributed by atoms with Gasteiger partial charge in [0.25, 0.3) is 11.8 Å². The van der Waals surface area contributed by atoms with Gasteiger partial charge in [0.1, 0.15) is 12.6 Å². The number of amides is 2. The van der Waals surface area contributed by atoms with Crippen LogP contribution in [0.25, 0.3) is 0 Å². The Labute approximate surface area is 186 Å². The zero-order chi connectivity index (χ0) is 22.8. The molecule has 2 aromatic rings. The van der Waals surface area contributed by atoms with Gasteiger partial charge in [0.2, 0.25) is 0 Å². The van der Waals surface area contributed by atoms with E-state index in [0.29, 0.717) is 27.6 Å². The van der Waals surface area contributed by atoms with Crippen LogP contribution in [-0.4, -0.2) is 37.8 Å². The highest BCUT2D eigenvalue weighted by Gasteiger charge is 2.24. The van der Waals surface area contributed by atoms with Gasteiger partial charge in [0.15, 0.2) is 11.5 Å². The third-order valence-corrected chi connectivity index (χ3v) is 4.50. The fourth-order valence-electron chi connectivity index (χ4n) is 2.66. The van der Waals surface area contributed by atoms with Gasteiger partial charge in [-0.25, -0.2) is 5.43 Å². The number of ether oxygens (including phenoxy) is 2. The second kappa shape index (κ2) is 11.6. The molecule has 31 heavy (non-hydrogen) atoms. The van der Waals surface area contributed by atoms with Gasteiger partial charge in [-0.05, 0) is 42.3 Å². The van der Waals surface area contributed by atoms with Crippen LogP contribution >= 0.6 is 11.6 Å². The van der Waals surface area contributed by atoms with Crippen molar-refractivity contribution in [3.8, 4) is 23.8 Å². The Bertz CT molecular complexity index is 981. The van der Waals surface area contributed by atoms with Crippen molar-refractivity contribution in [2.75, 3.05) is 13.7 Å². The van der Waals surface area contributed by atoms with E-state index in [0.717, 1.165) is 0 Å². The molecule has 0 aliphatic carbocycles. The number of hydrazone groups is 1. The third kappa shape index (κ3) is 6.76. The van der Waals surface area contributed by atoms with Crippen molar-refractivity contribution < 1.29 is 19.1 Å². The molecule has 2 N–H and O–H groups in total. The number of para-hydroxylation sites is 1. The van der Waals surface area contributed by atoms with Crippen LogP contribution in [0.3, 0.4) is 0 Å². The second-order valence-electron chi connectivity index (χ2n) is 6.81. The van der Waals surface area contributed by atoms with Crippen LogP contribution in [0.2, 0.25) is 5.02 Å². The summed E-state index contributed by atoms with van der Waals surface area (Å²) in [6.45, 7) is 3.70. The summed E-state index contributed by atoms with van der Waals surface area (Å²) < 4.78 is 10.8. The lowest BCUT2D eigenvalue weighted by Gasteiger charge is -2.20.